The number of rotatable bonds is 6. The lowest BCUT2D eigenvalue weighted by Crippen LogP contribution is -2.46. The van der Waals surface area contributed by atoms with Crippen molar-refractivity contribution in [2.75, 3.05) is 19.8 Å². The van der Waals surface area contributed by atoms with E-state index in [9.17, 15) is 14.4 Å². The topological polar surface area (TPSA) is 84.9 Å². The van der Waals surface area contributed by atoms with Gasteiger partial charge in [-0.1, -0.05) is 60.7 Å². The quantitative estimate of drug-likeness (QED) is 0.451. The molecule has 172 valence electrons. The van der Waals surface area contributed by atoms with Crippen LogP contribution < -0.4 is 14.8 Å². The largest absolute Gasteiger partial charge is 0.490 e. The van der Waals surface area contributed by atoms with Crippen molar-refractivity contribution >= 4 is 17.7 Å². The molecule has 0 aromatic heterocycles. The number of urea groups is 1. The molecule has 34 heavy (non-hydrogen) atoms. The van der Waals surface area contributed by atoms with E-state index in [1.54, 1.807) is 18.2 Å². The van der Waals surface area contributed by atoms with Crippen LogP contribution in [0.2, 0.25) is 0 Å². The van der Waals surface area contributed by atoms with Crippen LogP contribution in [-0.4, -0.2) is 42.4 Å². The first-order chi connectivity index (χ1) is 16.6. The zero-order valence-electron chi connectivity index (χ0n) is 18.5. The van der Waals surface area contributed by atoms with E-state index in [4.69, 9.17) is 9.47 Å². The number of Topliss-reactive ketones (excluding diaryl/α,β-unsaturated/α-hetero) is 1. The number of amides is 3. The Labute approximate surface area is 197 Å². The summed E-state index contributed by atoms with van der Waals surface area (Å²) in [4.78, 5) is 40.8. The van der Waals surface area contributed by atoms with Gasteiger partial charge in [-0.2, -0.15) is 0 Å². The fraction of sp³-hybridized carbons (Fsp3) is 0.222. The molecule has 0 radical (unpaired) electrons. The Kier molecular flexibility index (Phi) is 5.76. The van der Waals surface area contributed by atoms with Crippen molar-refractivity contribution in [3.05, 3.63) is 95.6 Å². The molecule has 2 aliphatic rings. The van der Waals surface area contributed by atoms with Crippen LogP contribution in [0.5, 0.6) is 11.5 Å². The number of benzene rings is 3. The molecule has 1 fully saturated rings. The SMILES string of the molecule is O=C(CN1C(=O)NC(Cc2ccccc2)(c2ccccc2)C1=O)c1ccc2c(c1)OCCCO2. The standard InChI is InChI=1S/C27H24N2O5/c30-22(20-12-13-23-24(16-20)34-15-7-14-33-23)18-29-25(31)27(28-26(29)32,21-10-5-2-6-11-21)17-19-8-3-1-4-9-19/h1-6,8-13,16H,7,14-15,17-18H2,(H,28,32). The number of nitrogens with zero attached hydrogens (tertiary/aromatic N) is 1. The minimum Gasteiger partial charge on any atom is -0.490 e. The highest BCUT2D eigenvalue weighted by Crippen LogP contribution is 2.34. The smallest absolute Gasteiger partial charge is 0.325 e. The zero-order valence-corrected chi connectivity index (χ0v) is 18.5. The molecule has 3 amide bonds. The van der Waals surface area contributed by atoms with Crippen LogP contribution in [0, 0.1) is 0 Å². The number of carbonyl (C=O) groups excluding carboxylic acids is 3. The van der Waals surface area contributed by atoms with E-state index >= 15 is 0 Å². The highest BCUT2D eigenvalue weighted by Gasteiger charge is 2.52. The summed E-state index contributed by atoms with van der Waals surface area (Å²) in [7, 11) is 0. The Balaban J connectivity index is 1.43. The summed E-state index contributed by atoms with van der Waals surface area (Å²) in [6.45, 7) is 0.677. The van der Waals surface area contributed by atoms with Gasteiger partial charge in [0.1, 0.15) is 0 Å². The van der Waals surface area contributed by atoms with Crippen LogP contribution in [0.15, 0.2) is 78.9 Å². The van der Waals surface area contributed by atoms with Crippen molar-refractivity contribution in [1.29, 1.82) is 0 Å². The molecule has 1 N–H and O–H groups in total. The minimum atomic E-state index is -1.29. The van der Waals surface area contributed by atoms with Gasteiger partial charge < -0.3 is 14.8 Å². The lowest BCUT2D eigenvalue weighted by Gasteiger charge is -2.27. The Morgan fingerprint density at radius 2 is 1.56 bits per heavy atom. The van der Waals surface area contributed by atoms with Crippen molar-refractivity contribution < 1.29 is 23.9 Å². The lowest BCUT2D eigenvalue weighted by molar-refractivity contribution is -0.131. The Morgan fingerprint density at radius 3 is 2.29 bits per heavy atom. The average Bonchev–Trinajstić information content (AvgIpc) is 3.02. The third kappa shape index (κ3) is 4.01. The van der Waals surface area contributed by atoms with Gasteiger partial charge in [0.05, 0.1) is 19.8 Å². The molecule has 1 saturated heterocycles. The molecule has 3 aromatic rings. The molecule has 3 aromatic carbocycles. The van der Waals surface area contributed by atoms with Crippen molar-refractivity contribution in [2.45, 2.75) is 18.4 Å². The molecular formula is C27H24N2O5. The number of ether oxygens (including phenoxy) is 2. The van der Waals surface area contributed by atoms with Gasteiger partial charge in [0, 0.05) is 18.4 Å². The van der Waals surface area contributed by atoms with Crippen molar-refractivity contribution in [2.24, 2.45) is 0 Å². The number of carbonyl (C=O) groups is 3. The molecular weight excluding hydrogens is 432 g/mol. The fourth-order valence-electron chi connectivity index (χ4n) is 4.38. The van der Waals surface area contributed by atoms with Gasteiger partial charge in [0.15, 0.2) is 22.8 Å². The van der Waals surface area contributed by atoms with Crippen molar-refractivity contribution in [3.63, 3.8) is 0 Å². The maximum atomic E-state index is 13.7. The van der Waals surface area contributed by atoms with Crippen LogP contribution in [0.4, 0.5) is 4.79 Å². The molecule has 0 spiro atoms. The van der Waals surface area contributed by atoms with E-state index in [2.05, 4.69) is 5.32 Å². The third-order valence-corrected chi connectivity index (χ3v) is 6.13. The summed E-state index contributed by atoms with van der Waals surface area (Å²) in [5.41, 5.74) is 0.633. The molecule has 0 bridgehead atoms. The van der Waals surface area contributed by atoms with Crippen LogP contribution in [0.1, 0.15) is 27.9 Å². The Bertz CT molecular complexity index is 1230. The molecule has 1 atom stereocenters. The Hall–Kier alpha value is -4.13. The highest BCUT2D eigenvalue weighted by molar-refractivity contribution is 6.11. The number of imide groups is 1. The van der Waals surface area contributed by atoms with E-state index in [1.807, 2.05) is 60.7 Å². The number of hydrogen-bond donors (Lipinski definition) is 1. The predicted molar refractivity (Wildman–Crippen MR) is 125 cm³/mol. The molecule has 2 heterocycles. The van der Waals surface area contributed by atoms with E-state index in [0.29, 0.717) is 35.8 Å². The van der Waals surface area contributed by atoms with Crippen LogP contribution >= 0.6 is 0 Å². The maximum absolute atomic E-state index is 13.7. The second-order valence-corrected chi connectivity index (χ2v) is 8.39. The van der Waals surface area contributed by atoms with E-state index in [1.165, 1.54) is 0 Å². The molecule has 0 saturated carbocycles. The van der Waals surface area contributed by atoms with Gasteiger partial charge in [-0.25, -0.2) is 4.79 Å². The van der Waals surface area contributed by atoms with Gasteiger partial charge >= 0.3 is 6.03 Å². The maximum Gasteiger partial charge on any atom is 0.325 e. The summed E-state index contributed by atoms with van der Waals surface area (Å²) in [6, 6.07) is 23.0. The molecule has 2 aliphatic heterocycles. The van der Waals surface area contributed by atoms with E-state index < -0.39 is 17.5 Å². The highest BCUT2D eigenvalue weighted by atomic mass is 16.5. The Morgan fingerprint density at radius 1 is 0.882 bits per heavy atom. The molecule has 5 rings (SSSR count). The van der Waals surface area contributed by atoms with Crippen LogP contribution in [-0.2, 0) is 16.8 Å². The summed E-state index contributed by atoms with van der Waals surface area (Å²) in [6.07, 6.45) is 1.03. The normalized spacial score (nSPS) is 19.5. The monoisotopic (exact) mass is 456 g/mol. The third-order valence-electron chi connectivity index (χ3n) is 6.13. The average molecular weight is 456 g/mol. The van der Waals surface area contributed by atoms with Gasteiger partial charge in [0.2, 0.25) is 0 Å². The van der Waals surface area contributed by atoms with Crippen molar-refractivity contribution in [1.82, 2.24) is 10.2 Å². The second-order valence-electron chi connectivity index (χ2n) is 8.39. The number of ketones is 1. The van der Waals surface area contributed by atoms with E-state index in [-0.39, 0.29) is 18.7 Å². The second kappa shape index (κ2) is 9.02. The number of fused-ring (bicyclic) bond motifs is 1. The van der Waals surface area contributed by atoms with Crippen molar-refractivity contribution in [3.8, 4) is 11.5 Å². The summed E-state index contributed by atoms with van der Waals surface area (Å²) in [5.74, 6) is 0.260. The first kappa shape index (κ1) is 21.7. The summed E-state index contributed by atoms with van der Waals surface area (Å²) >= 11 is 0. The number of hydrogen-bond acceptors (Lipinski definition) is 5. The summed E-state index contributed by atoms with van der Waals surface area (Å²) in [5, 5.41) is 2.89. The number of nitrogens with one attached hydrogen (secondary N) is 1. The molecule has 7 heteroatoms. The lowest BCUT2D eigenvalue weighted by atomic mass is 9.83. The van der Waals surface area contributed by atoms with Crippen LogP contribution in [0.3, 0.4) is 0 Å². The van der Waals surface area contributed by atoms with Gasteiger partial charge in [-0.3, -0.25) is 14.5 Å². The first-order valence-electron chi connectivity index (χ1n) is 11.2. The van der Waals surface area contributed by atoms with Crippen LogP contribution in [0.25, 0.3) is 0 Å². The zero-order chi connectivity index (χ0) is 23.5. The molecule has 0 aliphatic carbocycles. The van der Waals surface area contributed by atoms with Gasteiger partial charge in [-0.15, -0.1) is 0 Å². The predicted octanol–water partition coefficient (Wildman–Crippen LogP) is 3.72. The molecule has 7 nitrogen and oxygen atoms in total. The summed E-state index contributed by atoms with van der Waals surface area (Å²) < 4.78 is 11.3. The molecule has 1 unspecified atom stereocenters. The first-order valence-corrected chi connectivity index (χ1v) is 11.2. The van der Waals surface area contributed by atoms with E-state index in [0.717, 1.165) is 16.9 Å². The minimum absolute atomic E-state index is 0.275. The van der Waals surface area contributed by atoms with Gasteiger partial charge in [0.25, 0.3) is 5.91 Å². The fourth-order valence-corrected chi connectivity index (χ4v) is 4.38. The van der Waals surface area contributed by atoms with Gasteiger partial charge in [-0.05, 0) is 29.3 Å².